The van der Waals surface area contributed by atoms with Crippen LogP contribution in [0.25, 0.3) is 22.6 Å². The van der Waals surface area contributed by atoms with Crippen LogP contribution in [0.5, 0.6) is 5.88 Å². The van der Waals surface area contributed by atoms with Gasteiger partial charge in [0.1, 0.15) is 5.82 Å². The van der Waals surface area contributed by atoms with E-state index in [0.29, 0.717) is 18.1 Å². The average Bonchev–Trinajstić information content (AvgIpc) is 3.12. The van der Waals surface area contributed by atoms with Gasteiger partial charge in [-0.1, -0.05) is 12.1 Å². The summed E-state index contributed by atoms with van der Waals surface area (Å²) in [7, 11) is 0. The molecule has 2 aromatic heterocycles. The van der Waals surface area contributed by atoms with Gasteiger partial charge in [0.25, 0.3) is 0 Å². The van der Waals surface area contributed by atoms with Crippen LogP contribution in [-0.4, -0.2) is 28.1 Å². The molecule has 0 saturated carbocycles. The second-order valence-electron chi connectivity index (χ2n) is 5.09. The van der Waals surface area contributed by atoms with Gasteiger partial charge in [0.2, 0.25) is 5.88 Å². The molecule has 0 unspecified atom stereocenters. The quantitative estimate of drug-likeness (QED) is 0.774. The zero-order valence-corrected chi connectivity index (χ0v) is 11.8. The second kappa shape index (κ2) is 4.77. The van der Waals surface area contributed by atoms with Crippen molar-refractivity contribution in [1.82, 2.24) is 15.0 Å². The molecule has 2 N–H and O–H groups in total. The molecule has 4 rings (SSSR count). The lowest BCUT2D eigenvalue weighted by Crippen LogP contribution is -1.93. The maximum atomic E-state index is 5.41. The van der Waals surface area contributed by atoms with Crippen molar-refractivity contribution < 1.29 is 4.74 Å². The largest absolute Gasteiger partial charge is 0.478 e. The standard InChI is InChI=1S/C16H16N4O/c1-2-21-14-6-5-12-16(19-14)20-15(18-12)11-4-3-10-7-8-17-13(10)9-11/h3-6,9,17H,2,7-8H2,1H3,(H,18,19,20). The Morgan fingerprint density at radius 3 is 3.05 bits per heavy atom. The number of ether oxygens (including phenoxy) is 1. The molecule has 0 spiro atoms. The number of pyridine rings is 1. The van der Waals surface area contributed by atoms with Gasteiger partial charge >= 0.3 is 0 Å². The van der Waals surface area contributed by atoms with Crippen molar-refractivity contribution in [3.05, 3.63) is 35.9 Å². The number of anilines is 1. The minimum atomic E-state index is 0.603. The van der Waals surface area contributed by atoms with E-state index in [9.17, 15) is 0 Å². The maximum absolute atomic E-state index is 5.41. The van der Waals surface area contributed by atoms with E-state index < -0.39 is 0 Å². The van der Waals surface area contributed by atoms with E-state index in [2.05, 4.69) is 38.5 Å². The van der Waals surface area contributed by atoms with Crippen LogP contribution >= 0.6 is 0 Å². The van der Waals surface area contributed by atoms with Crippen molar-refractivity contribution in [2.24, 2.45) is 0 Å². The Morgan fingerprint density at radius 2 is 2.14 bits per heavy atom. The summed E-state index contributed by atoms with van der Waals surface area (Å²) in [5, 5.41) is 3.39. The van der Waals surface area contributed by atoms with E-state index in [1.807, 2.05) is 19.1 Å². The van der Waals surface area contributed by atoms with Crippen molar-refractivity contribution >= 4 is 16.9 Å². The van der Waals surface area contributed by atoms with Crippen LogP contribution in [0.4, 0.5) is 5.69 Å². The van der Waals surface area contributed by atoms with Crippen LogP contribution in [0.15, 0.2) is 30.3 Å². The van der Waals surface area contributed by atoms with Crippen molar-refractivity contribution in [1.29, 1.82) is 0 Å². The minimum absolute atomic E-state index is 0.603. The summed E-state index contributed by atoms with van der Waals surface area (Å²) in [6, 6.07) is 10.2. The molecular formula is C16H16N4O. The lowest BCUT2D eigenvalue weighted by molar-refractivity contribution is 0.328. The predicted octanol–water partition coefficient (Wildman–Crippen LogP) is 2.99. The number of benzene rings is 1. The molecule has 0 aliphatic carbocycles. The molecule has 0 bridgehead atoms. The Kier molecular flexibility index (Phi) is 2.77. The first kappa shape index (κ1) is 12.2. The minimum Gasteiger partial charge on any atom is -0.478 e. The summed E-state index contributed by atoms with van der Waals surface area (Å²) in [5.74, 6) is 1.45. The molecule has 21 heavy (non-hydrogen) atoms. The number of hydrogen-bond acceptors (Lipinski definition) is 4. The fourth-order valence-electron chi connectivity index (χ4n) is 2.68. The Morgan fingerprint density at radius 1 is 1.19 bits per heavy atom. The first-order valence-electron chi connectivity index (χ1n) is 7.20. The highest BCUT2D eigenvalue weighted by molar-refractivity contribution is 5.78. The lowest BCUT2D eigenvalue weighted by atomic mass is 10.1. The van der Waals surface area contributed by atoms with Gasteiger partial charge in [0.05, 0.1) is 12.1 Å². The van der Waals surface area contributed by atoms with Crippen molar-refractivity contribution in [3.8, 4) is 17.3 Å². The molecule has 1 aromatic carbocycles. The van der Waals surface area contributed by atoms with Crippen LogP contribution in [-0.2, 0) is 6.42 Å². The van der Waals surface area contributed by atoms with Gasteiger partial charge in [-0.15, -0.1) is 0 Å². The molecule has 3 heterocycles. The highest BCUT2D eigenvalue weighted by Crippen LogP contribution is 2.28. The molecule has 3 aromatic rings. The average molecular weight is 280 g/mol. The monoisotopic (exact) mass is 280 g/mol. The summed E-state index contributed by atoms with van der Waals surface area (Å²) in [6.07, 6.45) is 1.09. The van der Waals surface area contributed by atoms with Gasteiger partial charge in [-0.2, -0.15) is 4.98 Å². The van der Waals surface area contributed by atoms with Crippen LogP contribution in [0.1, 0.15) is 12.5 Å². The van der Waals surface area contributed by atoms with E-state index in [1.54, 1.807) is 0 Å². The molecule has 0 atom stereocenters. The highest BCUT2D eigenvalue weighted by atomic mass is 16.5. The Labute approximate surface area is 122 Å². The number of rotatable bonds is 3. The van der Waals surface area contributed by atoms with E-state index in [1.165, 1.54) is 11.3 Å². The number of aromatic nitrogens is 3. The number of fused-ring (bicyclic) bond motifs is 2. The van der Waals surface area contributed by atoms with Gasteiger partial charge in [-0.3, -0.25) is 0 Å². The van der Waals surface area contributed by atoms with Crippen LogP contribution in [0.2, 0.25) is 0 Å². The third-order valence-electron chi connectivity index (χ3n) is 3.71. The zero-order chi connectivity index (χ0) is 14.2. The first-order valence-corrected chi connectivity index (χ1v) is 7.20. The molecule has 0 amide bonds. The highest BCUT2D eigenvalue weighted by Gasteiger charge is 2.13. The molecule has 5 nitrogen and oxygen atoms in total. The predicted molar refractivity (Wildman–Crippen MR) is 82.7 cm³/mol. The van der Waals surface area contributed by atoms with E-state index in [0.717, 1.165) is 29.9 Å². The van der Waals surface area contributed by atoms with Gasteiger partial charge in [0, 0.05) is 23.9 Å². The molecule has 0 saturated heterocycles. The molecule has 106 valence electrons. The number of nitrogens with zero attached hydrogens (tertiary/aromatic N) is 2. The van der Waals surface area contributed by atoms with E-state index >= 15 is 0 Å². The summed E-state index contributed by atoms with van der Waals surface area (Å²) in [4.78, 5) is 12.3. The molecule has 1 aliphatic heterocycles. The summed E-state index contributed by atoms with van der Waals surface area (Å²) < 4.78 is 5.41. The molecule has 0 radical (unpaired) electrons. The Hall–Kier alpha value is -2.56. The molecular weight excluding hydrogens is 264 g/mol. The van der Waals surface area contributed by atoms with Gasteiger partial charge in [-0.25, -0.2) is 4.98 Å². The smallest absolute Gasteiger partial charge is 0.215 e. The van der Waals surface area contributed by atoms with E-state index in [4.69, 9.17) is 4.74 Å². The topological polar surface area (TPSA) is 62.8 Å². The van der Waals surface area contributed by atoms with Gasteiger partial charge in [-0.05, 0) is 31.0 Å². The van der Waals surface area contributed by atoms with Gasteiger partial charge < -0.3 is 15.0 Å². The van der Waals surface area contributed by atoms with E-state index in [-0.39, 0.29) is 0 Å². The van der Waals surface area contributed by atoms with Crippen molar-refractivity contribution in [2.75, 3.05) is 18.5 Å². The first-order chi connectivity index (χ1) is 10.3. The molecule has 1 aliphatic rings. The lowest BCUT2D eigenvalue weighted by Gasteiger charge is -2.02. The number of nitrogens with one attached hydrogen (secondary N) is 2. The Bertz CT molecular complexity index is 809. The normalized spacial score (nSPS) is 13.2. The third-order valence-corrected chi connectivity index (χ3v) is 3.71. The molecule has 5 heteroatoms. The number of imidazole rings is 1. The van der Waals surface area contributed by atoms with Crippen molar-refractivity contribution in [3.63, 3.8) is 0 Å². The molecule has 0 fully saturated rings. The van der Waals surface area contributed by atoms with Gasteiger partial charge in [0.15, 0.2) is 5.65 Å². The summed E-state index contributed by atoms with van der Waals surface area (Å²) in [6.45, 7) is 3.56. The van der Waals surface area contributed by atoms with Crippen LogP contribution < -0.4 is 10.1 Å². The summed E-state index contributed by atoms with van der Waals surface area (Å²) in [5.41, 5.74) is 5.24. The number of aromatic amines is 1. The second-order valence-corrected chi connectivity index (χ2v) is 5.09. The van der Waals surface area contributed by atoms with Crippen molar-refractivity contribution in [2.45, 2.75) is 13.3 Å². The van der Waals surface area contributed by atoms with Crippen LogP contribution in [0.3, 0.4) is 0 Å². The number of hydrogen-bond donors (Lipinski definition) is 2. The maximum Gasteiger partial charge on any atom is 0.215 e. The fourth-order valence-corrected chi connectivity index (χ4v) is 2.68. The fraction of sp³-hybridized carbons (Fsp3) is 0.250. The summed E-state index contributed by atoms with van der Waals surface area (Å²) >= 11 is 0. The SMILES string of the molecule is CCOc1ccc2[nH]c(-c3ccc4c(c3)NCC4)nc2n1. The Balaban J connectivity index is 1.76. The zero-order valence-electron chi connectivity index (χ0n) is 11.8. The van der Waals surface area contributed by atoms with Crippen LogP contribution in [0, 0.1) is 0 Å². The number of H-pyrrole nitrogens is 1. The third kappa shape index (κ3) is 2.11.